The third kappa shape index (κ3) is 3.33. The van der Waals surface area contributed by atoms with Crippen LogP contribution in [0.3, 0.4) is 0 Å². The van der Waals surface area contributed by atoms with E-state index in [9.17, 15) is 13.2 Å². The second-order valence-corrected chi connectivity index (χ2v) is 5.51. The van der Waals surface area contributed by atoms with Crippen LogP contribution < -0.4 is 5.73 Å². The number of nitrogens with two attached hydrogens (primary N) is 1. The van der Waals surface area contributed by atoms with Crippen molar-refractivity contribution in [2.75, 3.05) is 6.54 Å². The summed E-state index contributed by atoms with van der Waals surface area (Å²) in [5.74, 6) is 0. The molecule has 2 nitrogen and oxygen atoms in total. The molecule has 1 aromatic carbocycles. The van der Waals surface area contributed by atoms with Gasteiger partial charge in [-0.25, -0.2) is 0 Å². The highest BCUT2D eigenvalue weighted by Gasteiger charge is 2.47. The van der Waals surface area contributed by atoms with E-state index in [1.54, 1.807) is 42.2 Å². The molecule has 1 aliphatic heterocycles. The lowest BCUT2D eigenvalue weighted by atomic mass is 9.92. The van der Waals surface area contributed by atoms with Crippen LogP contribution in [0.25, 0.3) is 0 Å². The average Bonchev–Trinajstić information content (AvgIpc) is 2.39. The molecule has 3 atom stereocenters. The van der Waals surface area contributed by atoms with Gasteiger partial charge in [0, 0.05) is 12.1 Å². The Morgan fingerprint density at radius 2 is 1.85 bits per heavy atom. The van der Waals surface area contributed by atoms with Crippen molar-refractivity contribution in [3.63, 3.8) is 0 Å². The number of hydrogen-bond acceptors (Lipinski definition) is 2. The molecule has 3 unspecified atom stereocenters. The monoisotopic (exact) mass is 286 g/mol. The minimum atomic E-state index is -4.29. The third-order valence-corrected chi connectivity index (χ3v) is 3.96. The fourth-order valence-electron chi connectivity index (χ4n) is 3.07. The van der Waals surface area contributed by atoms with Gasteiger partial charge < -0.3 is 5.73 Å². The van der Waals surface area contributed by atoms with Gasteiger partial charge in [0.15, 0.2) is 0 Å². The molecule has 112 valence electrons. The minimum absolute atomic E-state index is 0.212. The summed E-state index contributed by atoms with van der Waals surface area (Å²) < 4.78 is 40.6. The van der Waals surface area contributed by atoms with Gasteiger partial charge in [-0.2, -0.15) is 13.2 Å². The standard InChI is InChI=1S/C15H21F3N2/c1-11(19)13-9-5-6-10-20(13)14(15(16,17)18)12-7-3-2-4-8-12/h2-4,7-8,11,13-14H,5-6,9-10,19H2,1H3. The lowest BCUT2D eigenvalue weighted by Crippen LogP contribution is -2.53. The Morgan fingerprint density at radius 1 is 1.20 bits per heavy atom. The van der Waals surface area contributed by atoms with Gasteiger partial charge in [-0.05, 0) is 31.9 Å². The zero-order valence-corrected chi connectivity index (χ0v) is 11.6. The number of alkyl halides is 3. The van der Waals surface area contributed by atoms with Crippen LogP contribution in [0.4, 0.5) is 13.2 Å². The minimum Gasteiger partial charge on any atom is -0.327 e. The Balaban J connectivity index is 2.35. The molecule has 0 amide bonds. The van der Waals surface area contributed by atoms with Crippen molar-refractivity contribution in [2.24, 2.45) is 5.73 Å². The van der Waals surface area contributed by atoms with Crippen molar-refractivity contribution in [1.29, 1.82) is 0 Å². The highest BCUT2D eigenvalue weighted by Crippen LogP contribution is 2.41. The van der Waals surface area contributed by atoms with Gasteiger partial charge in [-0.3, -0.25) is 4.90 Å². The predicted molar refractivity (Wildman–Crippen MR) is 73.2 cm³/mol. The van der Waals surface area contributed by atoms with E-state index in [2.05, 4.69) is 0 Å². The van der Waals surface area contributed by atoms with Crippen LogP contribution in [0, 0.1) is 0 Å². The predicted octanol–water partition coefficient (Wildman–Crippen LogP) is 3.49. The zero-order valence-electron chi connectivity index (χ0n) is 11.6. The first-order valence-corrected chi connectivity index (χ1v) is 7.04. The van der Waals surface area contributed by atoms with Crippen LogP contribution in [-0.2, 0) is 0 Å². The summed E-state index contributed by atoms with van der Waals surface area (Å²) in [4.78, 5) is 1.55. The van der Waals surface area contributed by atoms with E-state index in [0.717, 1.165) is 19.3 Å². The normalized spacial score (nSPS) is 24.4. The first kappa shape index (κ1) is 15.3. The van der Waals surface area contributed by atoms with Crippen LogP contribution in [0.5, 0.6) is 0 Å². The van der Waals surface area contributed by atoms with E-state index in [4.69, 9.17) is 5.73 Å². The topological polar surface area (TPSA) is 29.3 Å². The molecule has 1 saturated heterocycles. The van der Waals surface area contributed by atoms with Crippen molar-refractivity contribution in [3.05, 3.63) is 35.9 Å². The maximum atomic E-state index is 13.5. The highest BCUT2D eigenvalue weighted by molar-refractivity contribution is 5.21. The number of nitrogens with zero attached hydrogens (tertiary/aromatic N) is 1. The van der Waals surface area contributed by atoms with Crippen molar-refractivity contribution in [1.82, 2.24) is 4.90 Å². The van der Waals surface area contributed by atoms with Crippen LogP contribution in [0.1, 0.15) is 37.8 Å². The molecule has 2 rings (SSSR count). The Labute approximate surface area is 117 Å². The Morgan fingerprint density at radius 3 is 2.40 bits per heavy atom. The van der Waals surface area contributed by atoms with Gasteiger partial charge in [-0.1, -0.05) is 36.8 Å². The highest BCUT2D eigenvalue weighted by atomic mass is 19.4. The largest absolute Gasteiger partial charge is 0.408 e. The number of likely N-dealkylation sites (tertiary alicyclic amines) is 1. The fraction of sp³-hybridized carbons (Fsp3) is 0.600. The van der Waals surface area contributed by atoms with Crippen LogP contribution in [0.2, 0.25) is 0 Å². The average molecular weight is 286 g/mol. The van der Waals surface area contributed by atoms with Gasteiger partial charge in [0.25, 0.3) is 0 Å². The summed E-state index contributed by atoms with van der Waals surface area (Å²) in [6.07, 6.45) is -1.81. The van der Waals surface area contributed by atoms with Crippen molar-refractivity contribution in [2.45, 2.75) is 50.5 Å². The van der Waals surface area contributed by atoms with E-state index in [1.807, 2.05) is 0 Å². The quantitative estimate of drug-likeness (QED) is 0.921. The lowest BCUT2D eigenvalue weighted by Gasteiger charge is -2.43. The first-order chi connectivity index (χ1) is 9.41. The van der Waals surface area contributed by atoms with Crippen LogP contribution >= 0.6 is 0 Å². The molecule has 1 aliphatic rings. The molecule has 20 heavy (non-hydrogen) atoms. The molecule has 0 bridgehead atoms. The molecule has 0 aromatic heterocycles. The third-order valence-electron chi connectivity index (χ3n) is 3.96. The molecule has 5 heteroatoms. The Bertz CT molecular complexity index is 417. The van der Waals surface area contributed by atoms with Crippen LogP contribution in [0.15, 0.2) is 30.3 Å². The van der Waals surface area contributed by atoms with Gasteiger partial charge in [0.2, 0.25) is 0 Å². The molecule has 0 aliphatic carbocycles. The van der Waals surface area contributed by atoms with Crippen molar-refractivity contribution in [3.8, 4) is 0 Å². The Kier molecular flexibility index (Phi) is 4.70. The smallest absolute Gasteiger partial charge is 0.327 e. The van der Waals surface area contributed by atoms with E-state index in [-0.39, 0.29) is 12.1 Å². The summed E-state index contributed by atoms with van der Waals surface area (Å²) in [5, 5.41) is 0. The van der Waals surface area contributed by atoms with Crippen molar-refractivity contribution >= 4 is 0 Å². The summed E-state index contributed by atoms with van der Waals surface area (Å²) in [6.45, 7) is 2.24. The number of hydrogen-bond donors (Lipinski definition) is 1. The first-order valence-electron chi connectivity index (χ1n) is 7.04. The molecule has 0 spiro atoms. The second kappa shape index (κ2) is 6.14. The van der Waals surface area contributed by atoms with E-state index in [0.29, 0.717) is 12.1 Å². The van der Waals surface area contributed by atoms with Gasteiger partial charge in [0.1, 0.15) is 6.04 Å². The zero-order chi connectivity index (χ0) is 14.8. The molecule has 1 aromatic rings. The number of piperidine rings is 1. The molecule has 1 fully saturated rings. The fourth-order valence-corrected chi connectivity index (χ4v) is 3.07. The summed E-state index contributed by atoms with van der Waals surface area (Å²) in [5.41, 5.74) is 6.21. The maximum absolute atomic E-state index is 13.5. The van der Waals surface area contributed by atoms with E-state index >= 15 is 0 Å². The van der Waals surface area contributed by atoms with Gasteiger partial charge in [0.05, 0.1) is 0 Å². The van der Waals surface area contributed by atoms with Crippen molar-refractivity contribution < 1.29 is 13.2 Å². The number of benzene rings is 1. The second-order valence-electron chi connectivity index (χ2n) is 5.51. The molecule has 1 heterocycles. The van der Waals surface area contributed by atoms with Gasteiger partial charge in [-0.15, -0.1) is 0 Å². The van der Waals surface area contributed by atoms with E-state index in [1.165, 1.54) is 0 Å². The van der Waals surface area contributed by atoms with E-state index < -0.39 is 12.2 Å². The SMILES string of the molecule is CC(N)C1CCCCN1C(c1ccccc1)C(F)(F)F. The molecular formula is C15H21F3N2. The molecule has 0 radical (unpaired) electrons. The summed E-state index contributed by atoms with van der Waals surface area (Å²) in [6, 6.07) is 6.10. The Hall–Kier alpha value is -1.07. The number of halogens is 3. The number of rotatable bonds is 3. The van der Waals surface area contributed by atoms with Crippen LogP contribution in [-0.4, -0.2) is 29.7 Å². The lowest BCUT2D eigenvalue weighted by molar-refractivity contribution is -0.196. The molecule has 0 saturated carbocycles. The van der Waals surface area contributed by atoms with Gasteiger partial charge >= 0.3 is 6.18 Å². The molecular weight excluding hydrogens is 265 g/mol. The summed E-state index contributed by atoms with van der Waals surface area (Å²) in [7, 11) is 0. The summed E-state index contributed by atoms with van der Waals surface area (Å²) >= 11 is 0. The molecule has 2 N–H and O–H groups in total. The maximum Gasteiger partial charge on any atom is 0.408 e.